The first-order valence-electron chi connectivity index (χ1n) is 4.08. The molecule has 15 heavy (non-hydrogen) atoms. The van der Waals surface area contributed by atoms with Crippen LogP contribution in [0.5, 0.6) is 5.75 Å². The lowest BCUT2D eigenvalue weighted by atomic mass is 10.1. The van der Waals surface area contributed by atoms with Crippen LogP contribution in [0.3, 0.4) is 0 Å². The second kappa shape index (κ2) is 5.26. The van der Waals surface area contributed by atoms with Crippen LogP contribution in [0.1, 0.15) is 11.1 Å². The molecule has 80 valence electrons. The highest BCUT2D eigenvalue weighted by atomic mass is 127. The van der Waals surface area contributed by atoms with Gasteiger partial charge < -0.3 is 10.8 Å². The Bertz CT molecular complexity index is 420. The number of hydrazone groups is 1. The second-order valence-corrected chi connectivity index (χ2v) is 4.50. The van der Waals surface area contributed by atoms with Gasteiger partial charge in [0.05, 0.1) is 6.21 Å². The Balaban J connectivity index is 2.90. The van der Waals surface area contributed by atoms with Crippen molar-refractivity contribution in [2.24, 2.45) is 10.8 Å². The van der Waals surface area contributed by atoms with Crippen LogP contribution >= 0.6 is 34.8 Å². The van der Waals surface area contributed by atoms with Crippen LogP contribution in [-0.4, -0.2) is 16.4 Å². The van der Waals surface area contributed by atoms with E-state index in [2.05, 4.69) is 45.3 Å². The molecular weight excluding hydrogens is 325 g/mol. The number of hydrogen-bond acceptors (Lipinski definition) is 3. The van der Waals surface area contributed by atoms with Crippen molar-refractivity contribution in [3.8, 4) is 5.75 Å². The predicted molar refractivity (Wildman–Crippen MR) is 73.1 cm³/mol. The highest BCUT2D eigenvalue weighted by Crippen LogP contribution is 2.21. The fourth-order valence-corrected chi connectivity index (χ4v) is 1.49. The summed E-state index contributed by atoms with van der Waals surface area (Å²) in [6.07, 6.45) is 1.47. The number of nitrogens with zero attached hydrogens (tertiary/aromatic N) is 1. The first-order chi connectivity index (χ1) is 7.00. The number of aromatic hydroxyl groups is 1. The van der Waals surface area contributed by atoms with E-state index >= 15 is 0 Å². The smallest absolute Gasteiger partial charge is 0.184 e. The molecule has 1 aromatic carbocycles. The van der Waals surface area contributed by atoms with Crippen molar-refractivity contribution in [3.63, 3.8) is 0 Å². The molecule has 0 aliphatic carbocycles. The first-order valence-corrected chi connectivity index (χ1v) is 5.57. The SMILES string of the molecule is Cc1cc(O)c(C=NNC(N)=S)cc1I. The molecule has 1 rings (SSSR count). The molecule has 0 radical (unpaired) electrons. The monoisotopic (exact) mass is 335 g/mol. The minimum atomic E-state index is 0.0903. The average Bonchev–Trinajstić information content (AvgIpc) is 2.13. The number of nitrogens with one attached hydrogen (secondary N) is 1. The van der Waals surface area contributed by atoms with Gasteiger partial charge in [-0.05, 0) is 59.4 Å². The maximum atomic E-state index is 9.59. The van der Waals surface area contributed by atoms with E-state index in [1.807, 2.05) is 13.0 Å². The summed E-state index contributed by atoms with van der Waals surface area (Å²) in [5, 5.41) is 13.5. The Hall–Kier alpha value is -0.890. The molecular formula is C9H10IN3OS. The van der Waals surface area contributed by atoms with Crippen molar-refractivity contribution >= 4 is 46.1 Å². The summed E-state index contributed by atoms with van der Waals surface area (Å²) >= 11 is 6.77. The molecule has 0 atom stereocenters. The molecule has 0 saturated carbocycles. The lowest BCUT2D eigenvalue weighted by Gasteiger charge is -2.03. The van der Waals surface area contributed by atoms with E-state index in [1.165, 1.54) is 6.21 Å². The zero-order chi connectivity index (χ0) is 11.4. The van der Waals surface area contributed by atoms with Crippen LogP contribution in [0.15, 0.2) is 17.2 Å². The molecule has 0 bridgehead atoms. The van der Waals surface area contributed by atoms with Gasteiger partial charge in [-0.15, -0.1) is 0 Å². The molecule has 1 aromatic rings. The predicted octanol–water partition coefficient (Wildman–Crippen LogP) is 1.47. The van der Waals surface area contributed by atoms with Crippen LogP contribution in [0.2, 0.25) is 0 Å². The normalized spacial score (nSPS) is 10.5. The Morgan fingerprint density at radius 3 is 2.93 bits per heavy atom. The number of nitrogens with two attached hydrogens (primary N) is 1. The topological polar surface area (TPSA) is 70.6 Å². The maximum absolute atomic E-state index is 9.59. The van der Waals surface area contributed by atoms with Crippen molar-refractivity contribution in [3.05, 3.63) is 26.8 Å². The van der Waals surface area contributed by atoms with Crippen molar-refractivity contribution in [2.75, 3.05) is 0 Å². The molecule has 0 aliphatic rings. The van der Waals surface area contributed by atoms with Crippen molar-refractivity contribution in [2.45, 2.75) is 6.92 Å². The highest BCUT2D eigenvalue weighted by molar-refractivity contribution is 14.1. The summed E-state index contributed by atoms with van der Waals surface area (Å²) in [4.78, 5) is 0. The lowest BCUT2D eigenvalue weighted by Crippen LogP contribution is -2.24. The van der Waals surface area contributed by atoms with Crippen LogP contribution < -0.4 is 11.2 Å². The van der Waals surface area contributed by atoms with Gasteiger partial charge in [-0.2, -0.15) is 5.10 Å². The van der Waals surface area contributed by atoms with E-state index in [0.29, 0.717) is 5.56 Å². The Kier molecular flexibility index (Phi) is 4.28. The van der Waals surface area contributed by atoms with Crippen molar-refractivity contribution < 1.29 is 5.11 Å². The Morgan fingerprint density at radius 2 is 2.33 bits per heavy atom. The van der Waals surface area contributed by atoms with Crippen molar-refractivity contribution in [1.82, 2.24) is 5.43 Å². The molecule has 0 unspecified atom stereocenters. The largest absolute Gasteiger partial charge is 0.507 e. The van der Waals surface area contributed by atoms with Gasteiger partial charge in [0.15, 0.2) is 5.11 Å². The number of halogens is 1. The first kappa shape index (κ1) is 12.2. The molecule has 0 amide bonds. The van der Waals surface area contributed by atoms with Gasteiger partial charge in [0.25, 0.3) is 0 Å². The van der Waals surface area contributed by atoms with Gasteiger partial charge in [-0.3, -0.25) is 5.43 Å². The van der Waals surface area contributed by atoms with Gasteiger partial charge in [-0.25, -0.2) is 0 Å². The minimum Gasteiger partial charge on any atom is -0.507 e. The van der Waals surface area contributed by atoms with E-state index in [0.717, 1.165) is 9.13 Å². The molecule has 0 aromatic heterocycles. The van der Waals surface area contributed by atoms with Gasteiger partial charge >= 0.3 is 0 Å². The lowest BCUT2D eigenvalue weighted by molar-refractivity contribution is 0.474. The zero-order valence-electron chi connectivity index (χ0n) is 7.99. The van der Waals surface area contributed by atoms with E-state index in [9.17, 15) is 5.11 Å². The van der Waals surface area contributed by atoms with E-state index in [-0.39, 0.29) is 10.9 Å². The van der Waals surface area contributed by atoms with Crippen molar-refractivity contribution in [1.29, 1.82) is 0 Å². The summed E-state index contributed by atoms with van der Waals surface area (Å²) in [6, 6.07) is 3.51. The van der Waals surface area contributed by atoms with Crippen LogP contribution in [-0.2, 0) is 0 Å². The van der Waals surface area contributed by atoms with Gasteiger partial charge in [0.2, 0.25) is 0 Å². The van der Waals surface area contributed by atoms with Crippen LogP contribution in [0.4, 0.5) is 0 Å². The Labute approximate surface area is 107 Å². The maximum Gasteiger partial charge on any atom is 0.184 e. The molecule has 0 heterocycles. The molecule has 4 N–H and O–H groups in total. The molecule has 0 aliphatic heterocycles. The number of rotatable bonds is 2. The third kappa shape index (κ3) is 3.63. The van der Waals surface area contributed by atoms with Crippen LogP contribution in [0, 0.1) is 10.5 Å². The summed E-state index contributed by atoms with van der Waals surface area (Å²) in [5.41, 5.74) is 9.25. The second-order valence-electron chi connectivity index (χ2n) is 2.89. The zero-order valence-corrected chi connectivity index (χ0v) is 11.0. The summed E-state index contributed by atoms with van der Waals surface area (Å²) in [6.45, 7) is 1.93. The van der Waals surface area contributed by atoms with E-state index in [4.69, 9.17) is 5.73 Å². The molecule has 0 fully saturated rings. The number of aryl methyl sites for hydroxylation is 1. The molecule has 0 saturated heterocycles. The molecule has 0 spiro atoms. The fraction of sp³-hybridized carbons (Fsp3) is 0.111. The standard InChI is InChI=1S/C9H10IN3OS/c1-5-2-8(14)6(3-7(5)10)4-12-13-9(11)15/h2-4,14H,1H3,(H3,11,13,15). The summed E-state index contributed by atoms with van der Waals surface area (Å²) in [7, 11) is 0. The fourth-order valence-electron chi connectivity index (χ4n) is 0.950. The summed E-state index contributed by atoms with van der Waals surface area (Å²) < 4.78 is 1.06. The Morgan fingerprint density at radius 1 is 1.67 bits per heavy atom. The summed E-state index contributed by atoms with van der Waals surface area (Å²) in [5.74, 6) is 0.182. The number of thiocarbonyl (C=S) groups is 1. The highest BCUT2D eigenvalue weighted by Gasteiger charge is 2.02. The van der Waals surface area contributed by atoms with E-state index in [1.54, 1.807) is 6.07 Å². The molecule has 4 nitrogen and oxygen atoms in total. The minimum absolute atomic E-state index is 0.0903. The third-order valence-electron chi connectivity index (χ3n) is 1.69. The molecule has 6 heteroatoms. The third-order valence-corrected chi connectivity index (χ3v) is 2.94. The quantitative estimate of drug-likeness (QED) is 0.331. The number of phenolic OH excluding ortho intramolecular Hbond substituents is 1. The number of phenols is 1. The van der Waals surface area contributed by atoms with Gasteiger partial charge in [0, 0.05) is 9.13 Å². The van der Waals surface area contributed by atoms with E-state index < -0.39 is 0 Å². The average molecular weight is 335 g/mol. The van der Waals surface area contributed by atoms with Gasteiger partial charge in [0.1, 0.15) is 5.75 Å². The number of hydrogen-bond donors (Lipinski definition) is 3. The van der Waals surface area contributed by atoms with Crippen LogP contribution in [0.25, 0.3) is 0 Å². The van der Waals surface area contributed by atoms with Gasteiger partial charge in [-0.1, -0.05) is 0 Å². The number of benzene rings is 1.